The Hall–Kier alpha value is -1.63. The van der Waals surface area contributed by atoms with Gasteiger partial charge in [0.1, 0.15) is 11.0 Å². The summed E-state index contributed by atoms with van der Waals surface area (Å²) >= 11 is 1.58. The minimum atomic E-state index is -0.395. The van der Waals surface area contributed by atoms with E-state index < -0.39 is 6.04 Å². The number of likely N-dealkylation sites (tertiary alicyclic amines) is 1. The molecule has 21 heavy (non-hydrogen) atoms. The molecule has 2 heterocycles. The van der Waals surface area contributed by atoms with Gasteiger partial charge in [0, 0.05) is 24.7 Å². The summed E-state index contributed by atoms with van der Waals surface area (Å²) < 4.78 is 0. The van der Waals surface area contributed by atoms with E-state index in [1.54, 1.807) is 23.3 Å². The molecule has 0 unspecified atom stereocenters. The maximum absolute atomic E-state index is 12.2. The molecule has 7 heteroatoms. The second-order valence-electron chi connectivity index (χ2n) is 5.86. The lowest BCUT2D eigenvalue weighted by molar-refractivity contribution is -0.128. The number of rotatable bonds is 4. The van der Waals surface area contributed by atoms with Crippen LogP contribution in [0.5, 0.6) is 0 Å². The Morgan fingerprint density at radius 3 is 2.76 bits per heavy atom. The van der Waals surface area contributed by atoms with E-state index in [4.69, 9.17) is 0 Å². The topological polar surface area (TPSA) is 74.3 Å². The van der Waals surface area contributed by atoms with Gasteiger partial charge in [-0.25, -0.2) is 9.78 Å². The van der Waals surface area contributed by atoms with Gasteiger partial charge in [0.05, 0.1) is 6.04 Å². The van der Waals surface area contributed by atoms with Gasteiger partial charge in [0.25, 0.3) is 0 Å². The van der Waals surface area contributed by atoms with Crippen LogP contribution in [0.2, 0.25) is 0 Å². The van der Waals surface area contributed by atoms with Crippen molar-refractivity contribution >= 4 is 23.3 Å². The minimum Gasteiger partial charge on any atom is -0.344 e. The van der Waals surface area contributed by atoms with Crippen molar-refractivity contribution in [3.8, 4) is 0 Å². The van der Waals surface area contributed by atoms with E-state index in [-0.39, 0.29) is 18.0 Å². The smallest absolute Gasteiger partial charge is 0.316 e. The number of nitrogens with one attached hydrogen (secondary N) is 2. The number of carbonyl (C=O) groups excluding carboxylic acids is 2. The molecule has 114 valence electrons. The first-order valence-corrected chi connectivity index (χ1v) is 8.16. The van der Waals surface area contributed by atoms with E-state index in [1.807, 2.05) is 12.3 Å². The number of carbonyl (C=O) groups is 2. The molecule has 1 aliphatic heterocycles. The maximum atomic E-state index is 12.2. The monoisotopic (exact) mass is 308 g/mol. The molecule has 1 aliphatic carbocycles. The number of amides is 3. The van der Waals surface area contributed by atoms with Crippen molar-refractivity contribution in [2.45, 2.75) is 38.3 Å². The molecule has 0 spiro atoms. The summed E-state index contributed by atoms with van der Waals surface area (Å²) in [6.07, 6.45) is 2.91. The van der Waals surface area contributed by atoms with Crippen LogP contribution in [0.15, 0.2) is 5.38 Å². The Bertz CT molecular complexity index is 555. The van der Waals surface area contributed by atoms with Crippen molar-refractivity contribution in [3.63, 3.8) is 0 Å². The van der Waals surface area contributed by atoms with Crippen molar-refractivity contribution in [2.24, 2.45) is 5.92 Å². The molecule has 2 atom stereocenters. The molecule has 6 nitrogen and oxygen atoms in total. The molecular weight excluding hydrogens is 288 g/mol. The van der Waals surface area contributed by atoms with E-state index in [0.717, 1.165) is 23.5 Å². The van der Waals surface area contributed by atoms with Crippen molar-refractivity contribution < 1.29 is 9.59 Å². The molecule has 2 aliphatic rings. The predicted molar refractivity (Wildman–Crippen MR) is 80.0 cm³/mol. The molecule has 0 bridgehead atoms. The van der Waals surface area contributed by atoms with E-state index in [2.05, 4.69) is 15.6 Å². The Morgan fingerprint density at radius 1 is 1.48 bits per heavy atom. The number of urea groups is 1. The van der Waals surface area contributed by atoms with Gasteiger partial charge in [-0.2, -0.15) is 0 Å². The molecule has 3 rings (SSSR count). The van der Waals surface area contributed by atoms with Gasteiger partial charge in [0.2, 0.25) is 5.91 Å². The van der Waals surface area contributed by atoms with Crippen molar-refractivity contribution in [3.05, 3.63) is 16.1 Å². The van der Waals surface area contributed by atoms with Crippen LogP contribution >= 0.6 is 11.3 Å². The first kappa shape index (κ1) is 14.3. The summed E-state index contributed by atoms with van der Waals surface area (Å²) in [4.78, 5) is 30.1. The average molecular weight is 308 g/mol. The van der Waals surface area contributed by atoms with Crippen LogP contribution in [0.4, 0.5) is 4.79 Å². The molecule has 3 amide bonds. The average Bonchev–Trinajstić information content (AvgIpc) is 3.14. The lowest BCUT2D eigenvalue weighted by Gasteiger charge is -2.18. The fraction of sp³-hybridized carbons (Fsp3) is 0.643. The number of aromatic nitrogens is 1. The molecule has 2 N–H and O–H groups in total. The van der Waals surface area contributed by atoms with Crippen LogP contribution in [0.3, 0.4) is 0 Å². The van der Waals surface area contributed by atoms with Gasteiger partial charge in [-0.1, -0.05) is 0 Å². The third-order valence-electron chi connectivity index (χ3n) is 4.02. The highest BCUT2D eigenvalue weighted by atomic mass is 32.1. The standard InChI is InChI=1S/C14H20N4O2S/c1-8-7-21-12(15-8)11(9-3-4-9)17-14(20)16-10-5-6-18(2)13(10)19/h7,9-11H,3-6H2,1-2H3,(H2,16,17,20)/t10-,11-/m0/s1. The third-order valence-corrected chi connectivity index (χ3v) is 5.06. The number of aryl methyl sites for hydroxylation is 1. The van der Waals surface area contributed by atoms with Crippen LogP contribution < -0.4 is 10.6 Å². The number of likely N-dealkylation sites (N-methyl/N-ethyl adjacent to an activating group) is 1. The van der Waals surface area contributed by atoms with Crippen molar-refractivity contribution in [1.82, 2.24) is 20.5 Å². The molecule has 1 saturated carbocycles. The second kappa shape index (κ2) is 5.63. The Morgan fingerprint density at radius 2 is 2.24 bits per heavy atom. The van der Waals surface area contributed by atoms with Gasteiger partial charge >= 0.3 is 6.03 Å². The quantitative estimate of drug-likeness (QED) is 0.883. The fourth-order valence-electron chi connectivity index (χ4n) is 2.62. The van der Waals surface area contributed by atoms with Crippen LogP contribution in [0.25, 0.3) is 0 Å². The van der Waals surface area contributed by atoms with Crippen molar-refractivity contribution in [2.75, 3.05) is 13.6 Å². The zero-order chi connectivity index (χ0) is 15.0. The summed E-state index contributed by atoms with van der Waals surface area (Å²) in [5, 5.41) is 8.74. The Balaban J connectivity index is 1.61. The zero-order valence-corrected chi connectivity index (χ0v) is 13.1. The molecule has 1 aromatic heterocycles. The predicted octanol–water partition coefficient (Wildman–Crippen LogP) is 1.43. The number of nitrogens with zero attached hydrogens (tertiary/aromatic N) is 2. The zero-order valence-electron chi connectivity index (χ0n) is 12.3. The summed E-state index contributed by atoms with van der Waals surface area (Å²) in [6, 6.07) is -0.695. The Kier molecular flexibility index (Phi) is 3.84. The molecule has 1 saturated heterocycles. The maximum Gasteiger partial charge on any atom is 0.316 e. The number of hydrogen-bond donors (Lipinski definition) is 2. The van der Waals surface area contributed by atoms with Crippen LogP contribution in [-0.2, 0) is 4.79 Å². The van der Waals surface area contributed by atoms with Crippen LogP contribution in [-0.4, -0.2) is 41.5 Å². The van der Waals surface area contributed by atoms with Gasteiger partial charge in [0.15, 0.2) is 0 Å². The molecule has 2 fully saturated rings. The fourth-order valence-corrected chi connectivity index (χ4v) is 3.56. The molecule has 1 aromatic rings. The Labute approximate surface area is 127 Å². The summed E-state index contributed by atoms with van der Waals surface area (Å²) in [5.74, 6) is 0.460. The third kappa shape index (κ3) is 3.18. The number of thiazole rings is 1. The number of hydrogen-bond acceptors (Lipinski definition) is 4. The van der Waals surface area contributed by atoms with Gasteiger partial charge in [-0.05, 0) is 32.1 Å². The van der Waals surface area contributed by atoms with E-state index in [0.29, 0.717) is 18.9 Å². The summed E-state index contributed by atoms with van der Waals surface area (Å²) in [5.41, 5.74) is 0.982. The van der Waals surface area contributed by atoms with Crippen LogP contribution in [0.1, 0.15) is 36.0 Å². The van der Waals surface area contributed by atoms with E-state index >= 15 is 0 Å². The summed E-state index contributed by atoms with van der Waals surface area (Å²) in [6.45, 7) is 2.65. The lowest BCUT2D eigenvalue weighted by atomic mass is 10.2. The van der Waals surface area contributed by atoms with E-state index in [9.17, 15) is 9.59 Å². The molecule has 0 radical (unpaired) electrons. The van der Waals surface area contributed by atoms with Crippen molar-refractivity contribution in [1.29, 1.82) is 0 Å². The van der Waals surface area contributed by atoms with Gasteiger partial charge in [-0.15, -0.1) is 11.3 Å². The molecule has 0 aromatic carbocycles. The van der Waals surface area contributed by atoms with Gasteiger partial charge in [-0.3, -0.25) is 4.79 Å². The second-order valence-corrected chi connectivity index (χ2v) is 6.75. The van der Waals surface area contributed by atoms with E-state index in [1.165, 1.54) is 0 Å². The van der Waals surface area contributed by atoms with Gasteiger partial charge < -0.3 is 15.5 Å². The minimum absolute atomic E-state index is 0.0155. The highest BCUT2D eigenvalue weighted by Gasteiger charge is 2.36. The largest absolute Gasteiger partial charge is 0.344 e. The first-order chi connectivity index (χ1) is 10.0. The lowest BCUT2D eigenvalue weighted by Crippen LogP contribution is -2.46. The highest BCUT2D eigenvalue weighted by Crippen LogP contribution is 2.41. The summed E-state index contributed by atoms with van der Waals surface area (Å²) in [7, 11) is 1.76. The SMILES string of the molecule is Cc1csc([C@@H](NC(=O)N[C@H]2CCN(C)C2=O)C2CC2)n1. The highest BCUT2D eigenvalue weighted by molar-refractivity contribution is 7.09. The molecular formula is C14H20N4O2S. The van der Waals surface area contributed by atoms with Crippen LogP contribution in [0, 0.1) is 12.8 Å². The first-order valence-electron chi connectivity index (χ1n) is 7.28. The normalized spacial score (nSPS) is 23.2.